The maximum absolute atomic E-state index is 13.1. The Bertz CT molecular complexity index is 918. The molecule has 2 amide bonds. The number of piperazine rings is 1. The lowest BCUT2D eigenvalue weighted by molar-refractivity contribution is -0.118. The molecule has 2 atom stereocenters. The van der Waals surface area contributed by atoms with Crippen LogP contribution in [-0.4, -0.2) is 172 Å². The van der Waals surface area contributed by atoms with Crippen molar-refractivity contribution in [3.05, 3.63) is 0 Å². The number of nitrogens with zero attached hydrogens (tertiary/aromatic N) is 5. The molecule has 1 rings (SSSR count). The van der Waals surface area contributed by atoms with Gasteiger partial charge in [0.25, 0.3) is 0 Å². The van der Waals surface area contributed by atoms with Gasteiger partial charge in [-0.1, -0.05) is 0 Å². The molecule has 0 saturated carbocycles. The lowest BCUT2D eigenvalue weighted by Gasteiger charge is -2.40. The fourth-order valence-electron chi connectivity index (χ4n) is 3.56. The average molecular weight is 709 g/mol. The smallest absolute Gasteiger partial charge is 0.409 e. The number of amides is 2. The molecule has 0 aliphatic carbocycles. The molecule has 276 valence electrons. The topological polar surface area (TPSA) is 197 Å². The summed E-state index contributed by atoms with van der Waals surface area (Å²) in [6, 6.07) is 0. The maximum Gasteiger partial charge on any atom is 0.409 e. The average Bonchev–Trinajstić information content (AvgIpc) is 2.93. The van der Waals surface area contributed by atoms with Crippen molar-refractivity contribution >= 4 is 27.3 Å². The zero-order chi connectivity index (χ0) is 36.1. The van der Waals surface area contributed by atoms with Crippen molar-refractivity contribution in [1.29, 1.82) is 0 Å². The van der Waals surface area contributed by atoms with Gasteiger partial charge >= 0.3 is 21.4 Å². The van der Waals surface area contributed by atoms with Crippen LogP contribution in [0.15, 0.2) is 0 Å². The van der Waals surface area contributed by atoms with Crippen LogP contribution in [0.2, 0.25) is 0 Å². The fraction of sp³-hybridized carbons (Fsp3) is 0.926. The number of aliphatic hydroxyl groups is 2. The summed E-state index contributed by atoms with van der Waals surface area (Å²) >= 11 is 0. The molecule has 0 bridgehead atoms. The Hall–Kier alpha value is -1.20. The zero-order valence-corrected chi connectivity index (χ0v) is 31.6. The van der Waals surface area contributed by atoms with Gasteiger partial charge < -0.3 is 44.1 Å². The number of ether oxygens (including phenoxy) is 3. The van der Waals surface area contributed by atoms with Crippen LogP contribution < -0.4 is 5.73 Å². The minimum atomic E-state index is -3.13. The molecule has 2 unspecified atom stereocenters. The summed E-state index contributed by atoms with van der Waals surface area (Å²) in [7, 11) is 2.09. The molecule has 0 aromatic heterocycles. The fourth-order valence-corrected chi connectivity index (χ4v) is 7.44. The van der Waals surface area contributed by atoms with Crippen molar-refractivity contribution < 1.29 is 52.2 Å². The first-order valence-corrected chi connectivity index (χ1v) is 18.3. The normalized spacial score (nSPS) is 16.6. The van der Waals surface area contributed by atoms with Crippen LogP contribution in [-0.2, 0) is 37.2 Å². The third-order valence-electron chi connectivity index (χ3n) is 5.46. The first-order valence-electron chi connectivity index (χ1n) is 15.3. The monoisotopic (exact) mass is 708 g/mol. The SMILES string of the molecule is CC(C)O.CC(C)OP(=O)(N(C)C)N(C)CC(N)=O.CC(C)OP(=O)(N(C)C)N1CCN(C(=O)OCCOCCOCCO)CC1. The van der Waals surface area contributed by atoms with Gasteiger partial charge in [-0.25, -0.2) is 23.5 Å². The quantitative estimate of drug-likeness (QED) is 0.137. The Balaban J connectivity index is 0. The molecule has 0 radical (unpaired) electrons. The summed E-state index contributed by atoms with van der Waals surface area (Å²) in [5.41, 5.74) is 5.05. The highest BCUT2D eigenvalue weighted by Crippen LogP contribution is 2.54. The van der Waals surface area contributed by atoms with E-state index in [2.05, 4.69) is 0 Å². The van der Waals surface area contributed by atoms with Gasteiger partial charge in [-0.2, -0.15) is 0 Å². The lowest BCUT2D eigenvalue weighted by atomic mass is 10.4. The van der Waals surface area contributed by atoms with Gasteiger partial charge in [-0.15, -0.1) is 0 Å². The number of nitrogens with two attached hydrogens (primary N) is 1. The van der Waals surface area contributed by atoms with Crippen LogP contribution in [0, 0.1) is 0 Å². The van der Waals surface area contributed by atoms with E-state index in [0.717, 1.165) is 0 Å². The molecule has 1 aliphatic heterocycles. The number of hydrogen-bond acceptors (Lipinski definition) is 11. The van der Waals surface area contributed by atoms with E-state index in [0.29, 0.717) is 39.4 Å². The van der Waals surface area contributed by atoms with Gasteiger partial charge in [0.2, 0.25) is 5.91 Å². The predicted molar refractivity (Wildman–Crippen MR) is 177 cm³/mol. The molecular weight excluding hydrogens is 646 g/mol. The molecule has 0 aromatic carbocycles. The van der Waals surface area contributed by atoms with Crippen LogP contribution in [0.4, 0.5) is 4.79 Å². The van der Waals surface area contributed by atoms with Crippen LogP contribution in [0.1, 0.15) is 41.5 Å². The molecule has 19 heteroatoms. The molecule has 1 fully saturated rings. The number of primary amides is 1. The third-order valence-corrected chi connectivity index (χ3v) is 11.0. The number of likely N-dealkylation sites (N-methyl/N-ethyl adjacent to an activating group) is 1. The Kier molecular flexibility index (Phi) is 25.4. The predicted octanol–water partition coefficient (Wildman–Crippen LogP) is 1.75. The number of hydrogen-bond donors (Lipinski definition) is 3. The van der Waals surface area contributed by atoms with Crippen molar-refractivity contribution in [2.75, 3.05) is 108 Å². The first kappa shape index (κ1) is 46.9. The number of aliphatic hydroxyl groups excluding tert-OH is 2. The molecule has 0 aromatic rings. The molecule has 4 N–H and O–H groups in total. The molecule has 1 heterocycles. The highest BCUT2D eigenvalue weighted by molar-refractivity contribution is 7.54. The largest absolute Gasteiger partial charge is 0.447 e. The van der Waals surface area contributed by atoms with E-state index >= 15 is 0 Å². The minimum absolute atomic E-state index is 0.0154. The second-order valence-corrected chi connectivity index (χ2v) is 16.6. The summed E-state index contributed by atoms with van der Waals surface area (Å²) in [4.78, 5) is 24.5. The van der Waals surface area contributed by atoms with E-state index in [1.807, 2.05) is 13.8 Å². The van der Waals surface area contributed by atoms with Gasteiger partial charge in [-0.05, 0) is 76.8 Å². The van der Waals surface area contributed by atoms with E-state index in [9.17, 15) is 18.7 Å². The van der Waals surface area contributed by atoms with Gasteiger partial charge in [0.15, 0.2) is 0 Å². The highest BCUT2D eigenvalue weighted by atomic mass is 31.2. The molecule has 17 nitrogen and oxygen atoms in total. The maximum atomic E-state index is 13.1. The first-order chi connectivity index (χ1) is 21.2. The van der Waals surface area contributed by atoms with E-state index < -0.39 is 27.3 Å². The van der Waals surface area contributed by atoms with Crippen LogP contribution >= 0.6 is 15.3 Å². The Morgan fingerprint density at radius 1 is 0.783 bits per heavy atom. The standard InChI is InChI=1S/C16H34N3O7P.C8H20N3O3P.C3H8O/c1-15(2)26-27(22,17(3)4)19-7-5-18(6-8-19)16(21)25-14-13-24-12-11-23-10-9-20;1-7(2)14-15(13,10(3)4)11(5)6-8(9)12;1-3(2)4/h15,20H,5-14H2,1-4H3;7H,6H2,1-5H3,(H2,9,12);3-4H,1-2H3. The minimum Gasteiger partial charge on any atom is -0.447 e. The summed E-state index contributed by atoms with van der Waals surface area (Å²) in [6.07, 6.45) is -0.914. The zero-order valence-electron chi connectivity index (χ0n) is 29.8. The summed E-state index contributed by atoms with van der Waals surface area (Å²) in [5, 5.41) is 16.6. The van der Waals surface area contributed by atoms with Gasteiger partial charge in [-0.3, -0.25) is 13.9 Å². The number of rotatable bonds is 18. The number of carbonyl (C=O) groups is 2. The van der Waals surface area contributed by atoms with Gasteiger partial charge in [0.1, 0.15) is 6.61 Å². The van der Waals surface area contributed by atoms with Gasteiger partial charge in [0.05, 0.1) is 51.8 Å². The third kappa shape index (κ3) is 20.2. The van der Waals surface area contributed by atoms with E-state index in [1.54, 1.807) is 77.2 Å². The molecule has 1 saturated heterocycles. The van der Waals surface area contributed by atoms with Crippen molar-refractivity contribution in [2.45, 2.75) is 59.9 Å². The van der Waals surface area contributed by atoms with E-state index in [-0.39, 0.29) is 51.3 Å². The second-order valence-electron chi connectivity index (χ2n) is 11.4. The lowest BCUT2D eigenvalue weighted by Crippen LogP contribution is -2.49. The molecule has 0 spiro atoms. The van der Waals surface area contributed by atoms with Crippen LogP contribution in [0.3, 0.4) is 0 Å². The Morgan fingerprint density at radius 2 is 1.24 bits per heavy atom. The molecule has 46 heavy (non-hydrogen) atoms. The second kappa shape index (κ2) is 24.9. The van der Waals surface area contributed by atoms with Crippen molar-refractivity contribution in [3.63, 3.8) is 0 Å². The van der Waals surface area contributed by atoms with Gasteiger partial charge in [0, 0.05) is 32.3 Å². The number of carbonyl (C=O) groups excluding carboxylic acids is 2. The summed E-state index contributed by atoms with van der Waals surface area (Å²) in [5.74, 6) is -0.535. The molecule has 1 aliphatic rings. The van der Waals surface area contributed by atoms with E-state index in [4.69, 9.17) is 39.2 Å². The highest BCUT2D eigenvalue weighted by Gasteiger charge is 2.38. The summed E-state index contributed by atoms with van der Waals surface area (Å²) < 4.78 is 58.3. The van der Waals surface area contributed by atoms with Crippen LogP contribution in [0.5, 0.6) is 0 Å². The summed E-state index contributed by atoms with van der Waals surface area (Å²) in [6.45, 7) is 13.9. The Morgan fingerprint density at radius 3 is 1.63 bits per heavy atom. The van der Waals surface area contributed by atoms with Crippen LogP contribution in [0.25, 0.3) is 0 Å². The van der Waals surface area contributed by atoms with E-state index in [1.165, 1.54) is 9.34 Å². The molecular formula is C27H62N6O11P2. The van der Waals surface area contributed by atoms with Crippen molar-refractivity contribution in [1.82, 2.24) is 23.6 Å². The van der Waals surface area contributed by atoms with Crippen molar-refractivity contribution in [2.24, 2.45) is 5.73 Å². The Labute approximate surface area is 276 Å². The van der Waals surface area contributed by atoms with Crippen molar-refractivity contribution in [3.8, 4) is 0 Å².